The molecule has 130 valence electrons. The van der Waals surface area contributed by atoms with E-state index in [0.717, 1.165) is 31.5 Å². The number of hydrogen-bond donors (Lipinski definition) is 0. The topological polar surface area (TPSA) is 59.1 Å². The standard InChI is InChI=1S/C18H24N2O4/c1-19(2)18(22)24-15-9-7-14(13-16(15)23-3)8-10-17(21)20-11-5-4-6-12-20/h7-10,13H,4-6,11-12H2,1-3H3/b10-8+. The molecule has 0 radical (unpaired) electrons. The number of amides is 2. The van der Waals surface area contributed by atoms with Crippen molar-refractivity contribution in [3.05, 3.63) is 29.8 Å². The number of rotatable bonds is 4. The van der Waals surface area contributed by atoms with Gasteiger partial charge in [0, 0.05) is 33.3 Å². The van der Waals surface area contributed by atoms with Crippen LogP contribution in [0.1, 0.15) is 24.8 Å². The van der Waals surface area contributed by atoms with E-state index in [1.807, 2.05) is 4.90 Å². The van der Waals surface area contributed by atoms with Crippen LogP contribution >= 0.6 is 0 Å². The van der Waals surface area contributed by atoms with E-state index in [9.17, 15) is 9.59 Å². The van der Waals surface area contributed by atoms with Crippen LogP contribution in [0.5, 0.6) is 11.5 Å². The molecule has 0 aliphatic carbocycles. The van der Waals surface area contributed by atoms with Gasteiger partial charge in [-0.1, -0.05) is 6.07 Å². The Morgan fingerprint density at radius 2 is 1.83 bits per heavy atom. The second-order valence-electron chi connectivity index (χ2n) is 5.89. The van der Waals surface area contributed by atoms with Gasteiger partial charge in [0.2, 0.25) is 5.91 Å². The lowest BCUT2D eigenvalue weighted by molar-refractivity contribution is -0.126. The van der Waals surface area contributed by atoms with Crippen molar-refractivity contribution >= 4 is 18.1 Å². The van der Waals surface area contributed by atoms with Gasteiger partial charge >= 0.3 is 6.09 Å². The smallest absolute Gasteiger partial charge is 0.414 e. The summed E-state index contributed by atoms with van der Waals surface area (Å²) in [7, 11) is 4.73. The van der Waals surface area contributed by atoms with E-state index < -0.39 is 6.09 Å². The summed E-state index contributed by atoms with van der Waals surface area (Å²) in [6, 6.07) is 5.17. The molecule has 1 heterocycles. The minimum Gasteiger partial charge on any atom is -0.493 e. The third kappa shape index (κ3) is 4.75. The Bertz CT molecular complexity index is 619. The first-order valence-electron chi connectivity index (χ1n) is 8.05. The highest BCUT2D eigenvalue weighted by Crippen LogP contribution is 2.29. The van der Waals surface area contributed by atoms with Gasteiger partial charge in [0.05, 0.1) is 7.11 Å². The van der Waals surface area contributed by atoms with Gasteiger partial charge in [0.15, 0.2) is 11.5 Å². The molecule has 2 amide bonds. The van der Waals surface area contributed by atoms with E-state index in [1.165, 1.54) is 18.4 Å². The Hall–Kier alpha value is -2.50. The van der Waals surface area contributed by atoms with E-state index in [4.69, 9.17) is 9.47 Å². The normalized spacial score (nSPS) is 14.5. The molecule has 24 heavy (non-hydrogen) atoms. The lowest BCUT2D eigenvalue weighted by Gasteiger charge is -2.25. The predicted molar refractivity (Wildman–Crippen MR) is 92.2 cm³/mol. The molecule has 1 fully saturated rings. The van der Waals surface area contributed by atoms with Crippen LogP contribution in [0.4, 0.5) is 4.79 Å². The summed E-state index contributed by atoms with van der Waals surface area (Å²) in [5.74, 6) is 0.810. The number of likely N-dealkylation sites (tertiary alicyclic amines) is 1. The maximum Gasteiger partial charge on any atom is 0.414 e. The molecule has 1 aromatic carbocycles. The summed E-state index contributed by atoms with van der Waals surface area (Å²) in [5.41, 5.74) is 0.807. The maximum absolute atomic E-state index is 12.1. The molecule has 0 unspecified atom stereocenters. The van der Waals surface area contributed by atoms with Crippen molar-refractivity contribution in [3.8, 4) is 11.5 Å². The van der Waals surface area contributed by atoms with Crippen LogP contribution in [-0.2, 0) is 4.79 Å². The molecule has 1 aromatic rings. The Morgan fingerprint density at radius 1 is 1.12 bits per heavy atom. The predicted octanol–water partition coefficient (Wildman–Crippen LogP) is 2.78. The third-order valence-corrected chi connectivity index (χ3v) is 3.84. The summed E-state index contributed by atoms with van der Waals surface area (Å²) in [6.45, 7) is 1.65. The van der Waals surface area contributed by atoms with Gasteiger partial charge in [-0.15, -0.1) is 0 Å². The van der Waals surface area contributed by atoms with Crippen LogP contribution in [0.25, 0.3) is 6.08 Å². The number of ether oxygens (including phenoxy) is 2. The molecule has 1 saturated heterocycles. The number of hydrogen-bond acceptors (Lipinski definition) is 4. The van der Waals surface area contributed by atoms with Gasteiger partial charge in [-0.25, -0.2) is 4.79 Å². The van der Waals surface area contributed by atoms with E-state index in [1.54, 1.807) is 44.4 Å². The Balaban J connectivity index is 2.06. The molecule has 0 aromatic heterocycles. The molecular formula is C18H24N2O4. The zero-order valence-electron chi connectivity index (χ0n) is 14.4. The van der Waals surface area contributed by atoms with Crippen LogP contribution in [-0.4, -0.2) is 56.1 Å². The number of carbonyl (C=O) groups is 2. The Labute approximate surface area is 142 Å². The number of nitrogens with zero attached hydrogens (tertiary/aromatic N) is 2. The van der Waals surface area contributed by atoms with E-state index in [2.05, 4.69) is 0 Å². The Morgan fingerprint density at radius 3 is 2.46 bits per heavy atom. The average molecular weight is 332 g/mol. The molecule has 2 rings (SSSR count). The summed E-state index contributed by atoms with van der Waals surface area (Å²) >= 11 is 0. The largest absolute Gasteiger partial charge is 0.493 e. The highest BCUT2D eigenvalue weighted by molar-refractivity contribution is 5.92. The SMILES string of the molecule is COc1cc(/C=C/C(=O)N2CCCCC2)ccc1OC(=O)N(C)C. The molecule has 0 atom stereocenters. The lowest BCUT2D eigenvalue weighted by atomic mass is 10.1. The number of piperidine rings is 1. The molecule has 1 aliphatic rings. The van der Waals surface area contributed by atoms with Gasteiger partial charge in [0.1, 0.15) is 0 Å². The third-order valence-electron chi connectivity index (χ3n) is 3.84. The summed E-state index contributed by atoms with van der Waals surface area (Å²) in [6.07, 6.45) is 6.18. The molecule has 0 saturated carbocycles. The highest BCUT2D eigenvalue weighted by Gasteiger charge is 2.14. The first-order valence-corrected chi connectivity index (χ1v) is 8.05. The fourth-order valence-corrected chi connectivity index (χ4v) is 2.44. The van der Waals surface area contributed by atoms with Gasteiger partial charge < -0.3 is 19.3 Å². The fraction of sp³-hybridized carbons (Fsp3) is 0.444. The summed E-state index contributed by atoms with van der Waals surface area (Å²) < 4.78 is 10.5. The zero-order chi connectivity index (χ0) is 17.5. The summed E-state index contributed by atoms with van der Waals surface area (Å²) in [4.78, 5) is 27.0. The quantitative estimate of drug-likeness (QED) is 0.796. The van der Waals surface area contributed by atoms with Crippen LogP contribution in [0.15, 0.2) is 24.3 Å². The monoisotopic (exact) mass is 332 g/mol. The van der Waals surface area contributed by atoms with Crippen molar-refractivity contribution in [2.24, 2.45) is 0 Å². The highest BCUT2D eigenvalue weighted by atomic mass is 16.6. The van der Waals surface area contributed by atoms with Gasteiger partial charge in [-0.05, 0) is 43.0 Å². The number of methoxy groups -OCH3 is 1. The van der Waals surface area contributed by atoms with Crippen molar-refractivity contribution in [2.75, 3.05) is 34.3 Å². The maximum atomic E-state index is 12.1. The summed E-state index contributed by atoms with van der Waals surface area (Å²) in [5, 5.41) is 0. The Kier molecular flexibility index (Phi) is 6.23. The van der Waals surface area contributed by atoms with Crippen molar-refractivity contribution in [3.63, 3.8) is 0 Å². The van der Waals surface area contributed by atoms with Crippen LogP contribution in [0.2, 0.25) is 0 Å². The zero-order valence-corrected chi connectivity index (χ0v) is 14.4. The average Bonchev–Trinajstić information content (AvgIpc) is 2.61. The first-order chi connectivity index (χ1) is 11.5. The van der Waals surface area contributed by atoms with Crippen LogP contribution in [0, 0.1) is 0 Å². The van der Waals surface area contributed by atoms with E-state index in [0.29, 0.717) is 11.5 Å². The molecule has 0 spiro atoms. The molecular weight excluding hydrogens is 308 g/mol. The van der Waals surface area contributed by atoms with E-state index >= 15 is 0 Å². The van der Waals surface area contributed by atoms with Gasteiger partial charge in [-0.3, -0.25) is 4.79 Å². The van der Waals surface area contributed by atoms with Crippen molar-refractivity contribution in [2.45, 2.75) is 19.3 Å². The number of benzene rings is 1. The van der Waals surface area contributed by atoms with Crippen molar-refractivity contribution < 1.29 is 19.1 Å². The minimum atomic E-state index is -0.475. The second kappa shape index (κ2) is 8.38. The molecule has 6 heteroatoms. The fourth-order valence-electron chi connectivity index (χ4n) is 2.44. The van der Waals surface area contributed by atoms with Crippen molar-refractivity contribution in [1.29, 1.82) is 0 Å². The van der Waals surface area contributed by atoms with E-state index in [-0.39, 0.29) is 5.91 Å². The van der Waals surface area contributed by atoms with Crippen molar-refractivity contribution in [1.82, 2.24) is 9.80 Å². The first kappa shape index (κ1) is 17.8. The van der Waals surface area contributed by atoms with Crippen LogP contribution in [0.3, 0.4) is 0 Å². The van der Waals surface area contributed by atoms with Gasteiger partial charge in [-0.2, -0.15) is 0 Å². The molecule has 0 N–H and O–H groups in total. The lowest BCUT2D eigenvalue weighted by Crippen LogP contribution is -2.34. The molecule has 1 aliphatic heterocycles. The van der Waals surface area contributed by atoms with Crippen LogP contribution < -0.4 is 9.47 Å². The van der Waals surface area contributed by atoms with Gasteiger partial charge in [0.25, 0.3) is 0 Å². The molecule has 0 bridgehead atoms. The number of carbonyl (C=O) groups excluding carboxylic acids is 2. The second-order valence-corrected chi connectivity index (χ2v) is 5.89. The molecule has 6 nitrogen and oxygen atoms in total. The minimum absolute atomic E-state index is 0.0248.